The number of aromatic nitrogens is 4. The smallest absolute Gasteiger partial charge is 0.254 e. The maximum absolute atomic E-state index is 12.7. The SMILES string of the molecule is C=CC[C@@H](c1nc2ccccc2[nH]1)N(CCCCNC(=O)c1c(Cl)cncc1Cl)C1CCCc2cccnc21. The van der Waals surface area contributed by atoms with Crippen LogP contribution in [0.1, 0.15) is 71.6 Å². The topological polar surface area (TPSA) is 86.8 Å². The number of hydrogen-bond donors (Lipinski definition) is 2. The van der Waals surface area contributed by atoms with Crippen molar-refractivity contribution in [1.29, 1.82) is 0 Å². The lowest BCUT2D eigenvalue weighted by Crippen LogP contribution is -2.37. The van der Waals surface area contributed by atoms with Crippen LogP contribution in [0.3, 0.4) is 0 Å². The van der Waals surface area contributed by atoms with E-state index in [1.54, 1.807) is 0 Å². The normalized spacial score (nSPS) is 15.7. The fourth-order valence-corrected chi connectivity index (χ4v) is 6.00. The van der Waals surface area contributed by atoms with Crippen LogP contribution < -0.4 is 5.32 Å². The fourth-order valence-electron chi connectivity index (χ4n) is 5.47. The van der Waals surface area contributed by atoms with Gasteiger partial charge in [-0.3, -0.25) is 19.7 Å². The van der Waals surface area contributed by atoms with Gasteiger partial charge in [-0.15, -0.1) is 6.58 Å². The summed E-state index contributed by atoms with van der Waals surface area (Å²) in [6, 6.07) is 12.5. The van der Waals surface area contributed by atoms with Gasteiger partial charge in [0.15, 0.2) is 0 Å². The van der Waals surface area contributed by atoms with E-state index in [0.29, 0.717) is 6.54 Å². The molecule has 0 saturated heterocycles. The predicted octanol–water partition coefficient (Wildman–Crippen LogP) is 6.87. The van der Waals surface area contributed by atoms with Gasteiger partial charge in [-0.1, -0.05) is 47.5 Å². The van der Waals surface area contributed by atoms with Gasteiger partial charge < -0.3 is 10.3 Å². The number of carbonyl (C=O) groups is 1. The second kappa shape index (κ2) is 12.7. The lowest BCUT2D eigenvalue weighted by molar-refractivity contribution is 0.0946. The highest BCUT2D eigenvalue weighted by molar-refractivity contribution is 6.39. The number of halogens is 2. The summed E-state index contributed by atoms with van der Waals surface area (Å²) in [6.45, 7) is 5.40. The number of H-pyrrole nitrogens is 1. The lowest BCUT2D eigenvalue weighted by Gasteiger charge is -2.39. The van der Waals surface area contributed by atoms with E-state index >= 15 is 0 Å². The molecule has 7 nitrogen and oxygen atoms in total. The van der Waals surface area contributed by atoms with Crippen molar-refractivity contribution in [1.82, 2.24) is 30.2 Å². The lowest BCUT2D eigenvalue weighted by atomic mass is 9.89. The zero-order valence-corrected chi connectivity index (χ0v) is 23.3. The van der Waals surface area contributed by atoms with Crippen LogP contribution in [0.25, 0.3) is 11.0 Å². The second-order valence-electron chi connectivity index (χ2n) is 9.81. The van der Waals surface area contributed by atoms with E-state index in [0.717, 1.165) is 67.6 Å². The molecule has 1 unspecified atom stereocenters. The van der Waals surface area contributed by atoms with Gasteiger partial charge in [-0.05, 0) is 68.8 Å². The van der Waals surface area contributed by atoms with Crippen LogP contribution in [0.2, 0.25) is 10.0 Å². The van der Waals surface area contributed by atoms with Crippen LogP contribution in [-0.2, 0) is 6.42 Å². The molecule has 0 radical (unpaired) electrons. The number of fused-ring (bicyclic) bond motifs is 2. The van der Waals surface area contributed by atoms with E-state index in [-0.39, 0.29) is 33.6 Å². The molecule has 1 amide bonds. The standard InChI is InChI=1S/C30H32Cl2N6O/c1-2-9-26(29-36-23-12-3-4-13-24(23)37-29)38(25-14-7-10-20-11-8-16-34-28(20)25)17-6-5-15-35-30(39)27-21(31)18-33-19-22(27)32/h2-4,8,11-13,16,18-19,25-26H,1,5-7,9-10,14-15,17H2,(H,35,39)(H,36,37)/t25?,26-/m0/s1. The number of nitrogens with zero attached hydrogens (tertiary/aromatic N) is 4. The molecule has 39 heavy (non-hydrogen) atoms. The summed E-state index contributed by atoms with van der Waals surface area (Å²) < 4.78 is 0. The molecular weight excluding hydrogens is 531 g/mol. The summed E-state index contributed by atoms with van der Waals surface area (Å²) in [5.74, 6) is 0.649. The van der Waals surface area contributed by atoms with Gasteiger partial charge in [-0.25, -0.2) is 4.98 Å². The van der Waals surface area contributed by atoms with Gasteiger partial charge in [0.25, 0.3) is 5.91 Å². The Labute approximate surface area is 238 Å². The molecule has 4 aromatic rings. The van der Waals surface area contributed by atoms with Crippen molar-refractivity contribution in [2.45, 2.75) is 50.6 Å². The number of carbonyl (C=O) groups excluding carboxylic acids is 1. The number of amides is 1. The fraction of sp³-hybridized carbons (Fsp3) is 0.333. The maximum Gasteiger partial charge on any atom is 0.254 e. The Bertz CT molecular complexity index is 1400. The summed E-state index contributed by atoms with van der Waals surface area (Å²) in [6.07, 6.45) is 12.3. The quantitative estimate of drug-likeness (QED) is 0.154. The molecule has 1 aliphatic carbocycles. The molecule has 3 aromatic heterocycles. The minimum Gasteiger partial charge on any atom is -0.352 e. The van der Waals surface area contributed by atoms with Crippen molar-refractivity contribution in [2.75, 3.05) is 13.1 Å². The average molecular weight is 564 g/mol. The third-order valence-corrected chi connectivity index (χ3v) is 7.86. The number of benzene rings is 1. The van der Waals surface area contributed by atoms with Crippen LogP contribution in [-0.4, -0.2) is 43.8 Å². The van der Waals surface area contributed by atoms with Gasteiger partial charge >= 0.3 is 0 Å². The molecule has 0 aliphatic heterocycles. The molecule has 0 fully saturated rings. The molecule has 3 heterocycles. The van der Waals surface area contributed by atoms with Crippen molar-refractivity contribution in [3.63, 3.8) is 0 Å². The number of imidazole rings is 1. The highest BCUT2D eigenvalue weighted by Crippen LogP contribution is 2.39. The number of unbranched alkanes of at least 4 members (excludes halogenated alkanes) is 1. The molecule has 202 valence electrons. The number of para-hydroxylation sites is 2. The number of rotatable bonds is 11. The first kappa shape index (κ1) is 27.3. The first-order valence-electron chi connectivity index (χ1n) is 13.4. The summed E-state index contributed by atoms with van der Waals surface area (Å²) in [5.41, 5.74) is 4.72. The average Bonchev–Trinajstić information content (AvgIpc) is 3.38. The van der Waals surface area contributed by atoms with Crippen molar-refractivity contribution in [2.24, 2.45) is 0 Å². The Morgan fingerprint density at radius 3 is 2.79 bits per heavy atom. The van der Waals surface area contributed by atoms with Gasteiger partial charge in [-0.2, -0.15) is 0 Å². The van der Waals surface area contributed by atoms with Gasteiger partial charge in [0.1, 0.15) is 5.82 Å². The van der Waals surface area contributed by atoms with Gasteiger partial charge in [0.2, 0.25) is 0 Å². The molecule has 0 bridgehead atoms. The predicted molar refractivity (Wildman–Crippen MR) is 156 cm³/mol. The Balaban J connectivity index is 1.34. The maximum atomic E-state index is 12.7. The molecule has 0 spiro atoms. The number of nitrogens with one attached hydrogen (secondary N) is 2. The number of pyridine rings is 2. The third kappa shape index (κ3) is 6.16. The van der Waals surface area contributed by atoms with Crippen LogP contribution in [0, 0.1) is 0 Å². The first-order chi connectivity index (χ1) is 19.1. The highest BCUT2D eigenvalue weighted by Gasteiger charge is 2.33. The molecule has 1 aromatic carbocycles. The number of aryl methyl sites for hydroxylation is 1. The molecule has 0 saturated carbocycles. The summed E-state index contributed by atoms with van der Waals surface area (Å²) >= 11 is 12.3. The monoisotopic (exact) mass is 562 g/mol. The van der Waals surface area contributed by atoms with E-state index in [4.69, 9.17) is 33.2 Å². The first-order valence-corrected chi connectivity index (χ1v) is 14.1. The van der Waals surface area contributed by atoms with Crippen molar-refractivity contribution < 1.29 is 4.79 Å². The van der Waals surface area contributed by atoms with E-state index < -0.39 is 0 Å². The van der Waals surface area contributed by atoms with E-state index in [2.05, 4.69) is 38.9 Å². The summed E-state index contributed by atoms with van der Waals surface area (Å²) in [4.78, 5) is 32.5. The zero-order valence-electron chi connectivity index (χ0n) is 21.7. The highest BCUT2D eigenvalue weighted by atomic mass is 35.5. The molecular formula is C30H32Cl2N6O. The summed E-state index contributed by atoms with van der Waals surface area (Å²) in [7, 11) is 0. The van der Waals surface area contributed by atoms with Crippen LogP contribution in [0.5, 0.6) is 0 Å². The van der Waals surface area contributed by atoms with Crippen LogP contribution >= 0.6 is 23.2 Å². The van der Waals surface area contributed by atoms with Crippen molar-refractivity contribution >= 4 is 40.1 Å². The zero-order chi connectivity index (χ0) is 27.2. The molecule has 5 rings (SSSR count). The van der Waals surface area contributed by atoms with Crippen molar-refractivity contribution in [3.05, 3.63) is 100 Å². The Kier molecular flexibility index (Phi) is 8.91. The van der Waals surface area contributed by atoms with E-state index in [1.165, 1.54) is 18.0 Å². The Morgan fingerprint density at radius 2 is 2.00 bits per heavy atom. The van der Waals surface area contributed by atoms with E-state index in [9.17, 15) is 4.79 Å². The third-order valence-electron chi connectivity index (χ3n) is 7.29. The molecule has 2 atom stereocenters. The largest absolute Gasteiger partial charge is 0.352 e. The Morgan fingerprint density at radius 1 is 1.18 bits per heavy atom. The van der Waals surface area contributed by atoms with Crippen molar-refractivity contribution in [3.8, 4) is 0 Å². The number of hydrogen-bond acceptors (Lipinski definition) is 5. The Hall–Kier alpha value is -3.26. The van der Waals surface area contributed by atoms with Crippen LogP contribution in [0.15, 0.2) is 67.6 Å². The van der Waals surface area contributed by atoms with Crippen LogP contribution in [0.4, 0.5) is 0 Å². The van der Waals surface area contributed by atoms with E-state index in [1.807, 2.05) is 36.5 Å². The second-order valence-corrected chi connectivity index (χ2v) is 10.6. The van der Waals surface area contributed by atoms with Gasteiger partial charge in [0, 0.05) is 25.1 Å². The number of aromatic amines is 1. The van der Waals surface area contributed by atoms with Gasteiger partial charge in [0.05, 0.1) is 44.4 Å². The molecule has 2 N–H and O–H groups in total. The minimum absolute atomic E-state index is 0.0249. The molecule has 1 aliphatic rings. The minimum atomic E-state index is -0.290. The molecule has 9 heteroatoms. The summed E-state index contributed by atoms with van der Waals surface area (Å²) in [5, 5.41) is 3.44.